The van der Waals surface area contributed by atoms with Gasteiger partial charge in [0.05, 0.1) is 0 Å². The summed E-state index contributed by atoms with van der Waals surface area (Å²) < 4.78 is 0. The van der Waals surface area contributed by atoms with E-state index in [9.17, 15) is 0 Å². The van der Waals surface area contributed by atoms with Gasteiger partial charge in [0, 0.05) is 0 Å². The monoisotopic (exact) mass is 388 g/mol. The summed E-state index contributed by atoms with van der Waals surface area (Å²) in [6, 6.07) is 34.7. The van der Waals surface area contributed by atoms with E-state index < -0.39 is 0 Å². The van der Waals surface area contributed by atoms with Gasteiger partial charge in [-0.2, -0.15) is 0 Å². The summed E-state index contributed by atoms with van der Waals surface area (Å²) in [4.78, 5) is 0. The molecular weight excluding hydrogens is 360 g/mol. The lowest BCUT2D eigenvalue weighted by molar-refractivity contribution is 0.475. The van der Waals surface area contributed by atoms with Crippen LogP contribution in [-0.2, 0) is 6.42 Å². The van der Waals surface area contributed by atoms with Gasteiger partial charge in [0.2, 0.25) is 0 Å². The van der Waals surface area contributed by atoms with Gasteiger partial charge in [-0.3, -0.25) is 0 Å². The standard InChI is InChI=1S/C13H10.2C6H6O.2H3N/c1-3-7-12-10(5-1)9-11-6-2-4-8-13(11)12;2*7-6-4-2-1-3-5-6;;/h1-8H,9H2;2*1-5,7H;2*1H3. The van der Waals surface area contributed by atoms with E-state index in [0.29, 0.717) is 11.5 Å². The molecule has 4 heteroatoms. The summed E-state index contributed by atoms with van der Waals surface area (Å²) >= 11 is 0. The Bertz CT molecular complexity index is 893. The third-order valence-electron chi connectivity index (χ3n) is 4.22. The fraction of sp³-hybridized carbons (Fsp3) is 0.0400. The van der Waals surface area contributed by atoms with Gasteiger partial charge in [-0.15, -0.1) is 0 Å². The normalized spacial score (nSPS) is 9.66. The van der Waals surface area contributed by atoms with Crippen LogP contribution >= 0.6 is 0 Å². The van der Waals surface area contributed by atoms with Crippen LogP contribution in [0.4, 0.5) is 0 Å². The highest BCUT2D eigenvalue weighted by molar-refractivity contribution is 5.76. The number of para-hydroxylation sites is 2. The molecule has 0 aliphatic heterocycles. The van der Waals surface area contributed by atoms with Crippen LogP contribution in [-0.4, -0.2) is 10.2 Å². The lowest BCUT2D eigenvalue weighted by Crippen LogP contribution is -1.77. The van der Waals surface area contributed by atoms with Crippen molar-refractivity contribution in [2.24, 2.45) is 0 Å². The molecule has 4 aromatic rings. The van der Waals surface area contributed by atoms with Gasteiger partial charge < -0.3 is 22.5 Å². The molecule has 0 saturated carbocycles. The van der Waals surface area contributed by atoms with Crippen LogP contribution in [0.25, 0.3) is 11.1 Å². The van der Waals surface area contributed by atoms with Gasteiger partial charge >= 0.3 is 0 Å². The summed E-state index contributed by atoms with van der Waals surface area (Å²) in [7, 11) is 0. The molecule has 0 atom stereocenters. The van der Waals surface area contributed by atoms with Crippen molar-refractivity contribution in [3.8, 4) is 22.6 Å². The number of fused-ring (bicyclic) bond motifs is 3. The van der Waals surface area contributed by atoms with Gasteiger partial charge in [0.1, 0.15) is 11.5 Å². The molecular formula is C25H28N2O2. The van der Waals surface area contributed by atoms with E-state index in [1.54, 1.807) is 48.5 Å². The van der Waals surface area contributed by atoms with Gasteiger partial charge in [-0.25, -0.2) is 0 Å². The first-order valence-electron chi connectivity index (χ1n) is 8.88. The predicted octanol–water partition coefficient (Wildman–Crippen LogP) is 6.37. The Morgan fingerprint density at radius 2 is 0.724 bits per heavy atom. The summed E-state index contributed by atoms with van der Waals surface area (Å²) in [5.74, 6) is 0.644. The third-order valence-corrected chi connectivity index (χ3v) is 4.22. The Labute approximate surface area is 172 Å². The molecule has 0 fully saturated rings. The molecule has 1 aliphatic rings. The van der Waals surface area contributed by atoms with E-state index in [-0.39, 0.29) is 12.3 Å². The minimum atomic E-state index is 0. The molecule has 0 saturated heterocycles. The van der Waals surface area contributed by atoms with Gasteiger partial charge in [-0.05, 0) is 52.9 Å². The molecule has 0 spiro atoms. The maximum absolute atomic E-state index is 8.63. The van der Waals surface area contributed by atoms with Crippen LogP contribution in [0, 0.1) is 0 Å². The van der Waals surface area contributed by atoms with Crippen molar-refractivity contribution in [3.05, 3.63) is 120 Å². The molecule has 0 unspecified atom stereocenters. The number of hydrogen-bond acceptors (Lipinski definition) is 4. The molecule has 150 valence electrons. The summed E-state index contributed by atoms with van der Waals surface area (Å²) in [6.07, 6.45) is 1.10. The van der Waals surface area contributed by atoms with Crippen LogP contribution in [0.15, 0.2) is 109 Å². The zero-order chi connectivity index (χ0) is 18.9. The number of phenols is 2. The Morgan fingerprint density at radius 1 is 0.414 bits per heavy atom. The maximum Gasteiger partial charge on any atom is 0.115 e. The number of rotatable bonds is 0. The third kappa shape index (κ3) is 6.81. The molecule has 4 nitrogen and oxygen atoms in total. The minimum absolute atomic E-state index is 0. The second-order valence-corrected chi connectivity index (χ2v) is 6.16. The predicted molar refractivity (Wildman–Crippen MR) is 121 cm³/mol. The highest BCUT2D eigenvalue weighted by atomic mass is 16.3. The van der Waals surface area contributed by atoms with Crippen LogP contribution in [0.2, 0.25) is 0 Å². The Morgan fingerprint density at radius 3 is 1.03 bits per heavy atom. The van der Waals surface area contributed by atoms with Crippen molar-refractivity contribution in [2.45, 2.75) is 6.42 Å². The van der Waals surface area contributed by atoms with Crippen molar-refractivity contribution in [1.82, 2.24) is 12.3 Å². The first-order chi connectivity index (χ1) is 13.2. The van der Waals surface area contributed by atoms with E-state index in [1.807, 2.05) is 12.1 Å². The smallest absolute Gasteiger partial charge is 0.115 e. The molecule has 29 heavy (non-hydrogen) atoms. The van der Waals surface area contributed by atoms with Crippen molar-refractivity contribution in [3.63, 3.8) is 0 Å². The van der Waals surface area contributed by atoms with E-state index in [0.717, 1.165) is 6.42 Å². The summed E-state index contributed by atoms with van der Waals surface area (Å²) in [5, 5.41) is 17.3. The molecule has 0 bridgehead atoms. The molecule has 1 aliphatic carbocycles. The second kappa shape index (κ2) is 12.0. The van der Waals surface area contributed by atoms with E-state index in [1.165, 1.54) is 22.3 Å². The van der Waals surface area contributed by atoms with Crippen molar-refractivity contribution in [1.29, 1.82) is 0 Å². The van der Waals surface area contributed by atoms with Crippen LogP contribution in [0.5, 0.6) is 11.5 Å². The molecule has 0 radical (unpaired) electrons. The second-order valence-electron chi connectivity index (χ2n) is 6.16. The fourth-order valence-electron chi connectivity index (χ4n) is 2.94. The number of hydrogen-bond donors (Lipinski definition) is 4. The largest absolute Gasteiger partial charge is 0.508 e. The number of phenolic OH excluding ortho intramolecular Hbond substituents is 2. The lowest BCUT2D eigenvalue weighted by Gasteiger charge is -1.98. The maximum atomic E-state index is 8.63. The topological polar surface area (TPSA) is 110 Å². The van der Waals surface area contributed by atoms with Gasteiger partial charge in [-0.1, -0.05) is 84.9 Å². The van der Waals surface area contributed by atoms with E-state index in [4.69, 9.17) is 10.2 Å². The van der Waals surface area contributed by atoms with Gasteiger partial charge in [0.25, 0.3) is 0 Å². The number of aromatic hydroxyl groups is 2. The fourth-order valence-corrected chi connectivity index (χ4v) is 2.94. The summed E-state index contributed by atoms with van der Waals surface area (Å²) in [6.45, 7) is 0. The highest BCUT2D eigenvalue weighted by Crippen LogP contribution is 2.35. The Balaban J connectivity index is 0.000000228. The first-order valence-corrected chi connectivity index (χ1v) is 8.88. The average Bonchev–Trinajstić information content (AvgIpc) is 3.09. The molecule has 5 rings (SSSR count). The average molecular weight is 389 g/mol. The number of benzene rings is 4. The Hall–Kier alpha value is -3.60. The van der Waals surface area contributed by atoms with Crippen molar-refractivity contribution >= 4 is 0 Å². The highest BCUT2D eigenvalue weighted by Gasteiger charge is 2.15. The molecule has 0 aromatic heterocycles. The zero-order valence-corrected chi connectivity index (χ0v) is 16.4. The quantitative estimate of drug-likeness (QED) is 0.247. The molecule has 8 N–H and O–H groups in total. The van der Waals surface area contributed by atoms with E-state index in [2.05, 4.69) is 48.5 Å². The van der Waals surface area contributed by atoms with Crippen molar-refractivity contribution < 1.29 is 10.2 Å². The lowest BCUT2D eigenvalue weighted by atomic mass is 10.1. The van der Waals surface area contributed by atoms with Crippen LogP contribution in [0.3, 0.4) is 0 Å². The van der Waals surface area contributed by atoms with Crippen molar-refractivity contribution in [2.75, 3.05) is 0 Å². The zero-order valence-electron chi connectivity index (χ0n) is 16.4. The molecule has 0 amide bonds. The van der Waals surface area contributed by atoms with E-state index >= 15 is 0 Å². The van der Waals surface area contributed by atoms with Crippen LogP contribution in [0.1, 0.15) is 11.1 Å². The first kappa shape index (κ1) is 23.4. The van der Waals surface area contributed by atoms with Gasteiger partial charge in [0.15, 0.2) is 0 Å². The summed E-state index contributed by atoms with van der Waals surface area (Å²) in [5.41, 5.74) is 5.75. The van der Waals surface area contributed by atoms with Crippen LogP contribution < -0.4 is 12.3 Å². The Kier molecular flexibility index (Phi) is 9.68. The molecule has 0 heterocycles. The minimum Gasteiger partial charge on any atom is -0.508 e. The molecule has 4 aromatic carbocycles. The SMILES string of the molecule is N.N.Oc1ccccc1.Oc1ccccc1.c1ccc2c(c1)Cc1ccccc1-2.